The topological polar surface area (TPSA) is 157 Å². The van der Waals surface area contributed by atoms with Crippen LogP contribution in [0.2, 0.25) is 5.02 Å². The molecule has 0 unspecified atom stereocenters. The summed E-state index contributed by atoms with van der Waals surface area (Å²) in [7, 11) is -3.86. The molecule has 2 heterocycles. The Morgan fingerprint density at radius 1 is 1.33 bits per heavy atom. The maximum Gasteiger partial charge on any atom is 0.412 e. The van der Waals surface area contributed by atoms with E-state index in [1.807, 2.05) is 0 Å². The number of sulfonamides is 1. The number of nitrogens with two attached hydrogens (primary N) is 2. The number of hydrogen-bond acceptors (Lipinski definition) is 7. The number of rotatable bonds is 5. The van der Waals surface area contributed by atoms with Gasteiger partial charge in [-0.05, 0) is 42.7 Å². The molecule has 13 heteroatoms. The van der Waals surface area contributed by atoms with E-state index in [-0.39, 0.29) is 39.8 Å². The smallest absolute Gasteiger partial charge is 0.412 e. The van der Waals surface area contributed by atoms with Crippen LogP contribution in [-0.2, 0) is 31.7 Å². The minimum atomic E-state index is -3.86. The molecular formula is C23H23ClFN5O5S. The number of aliphatic imine (C=N–C) groups is 1. The number of benzene rings is 2. The number of halogens is 2. The van der Waals surface area contributed by atoms with Crippen molar-refractivity contribution in [3.63, 3.8) is 0 Å². The molecule has 2 aliphatic rings. The van der Waals surface area contributed by atoms with E-state index < -0.39 is 33.4 Å². The number of fused-ring (bicyclic) bond motifs is 2. The predicted octanol–water partition coefficient (Wildman–Crippen LogP) is 2.62. The normalized spacial score (nSPS) is 20.2. The van der Waals surface area contributed by atoms with Gasteiger partial charge in [0.1, 0.15) is 0 Å². The second kappa shape index (κ2) is 9.88. The van der Waals surface area contributed by atoms with Gasteiger partial charge in [0.15, 0.2) is 11.4 Å². The minimum absolute atomic E-state index is 0.0522. The van der Waals surface area contributed by atoms with Crippen molar-refractivity contribution in [2.24, 2.45) is 15.9 Å². The van der Waals surface area contributed by atoms with Crippen molar-refractivity contribution in [2.45, 2.75) is 29.9 Å². The van der Waals surface area contributed by atoms with Crippen LogP contribution in [0.15, 0.2) is 58.1 Å². The van der Waals surface area contributed by atoms with Gasteiger partial charge in [0.2, 0.25) is 10.0 Å². The second-order valence-corrected chi connectivity index (χ2v) is 10.4. The number of anilines is 1. The second-order valence-electron chi connectivity index (χ2n) is 8.41. The summed E-state index contributed by atoms with van der Waals surface area (Å²) in [6, 6.07) is 8.78. The molecule has 2 aromatic carbocycles. The minimum Gasteiger partial charge on any atom is -0.436 e. The lowest BCUT2D eigenvalue weighted by atomic mass is 9.83. The number of likely N-dealkylation sites (tertiary alicyclic amines) is 1. The van der Waals surface area contributed by atoms with Gasteiger partial charge in [-0.3, -0.25) is 15.1 Å². The average Bonchev–Trinajstić information content (AvgIpc) is 2.83. The van der Waals surface area contributed by atoms with Gasteiger partial charge in [0.05, 0.1) is 39.8 Å². The highest BCUT2D eigenvalue weighted by Crippen LogP contribution is 2.45. The molecule has 0 saturated carbocycles. The fraction of sp³-hybridized carbons (Fsp3) is 0.261. The van der Waals surface area contributed by atoms with Gasteiger partial charge in [-0.1, -0.05) is 23.7 Å². The van der Waals surface area contributed by atoms with Crippen molar-refractivity contribution >= 4 is 45.5 Å². The van der Waals surface area contributed by atoms with Gasteiger partial charge in [-0.25, -0.2) is 22.7 Å². The lowest BCUT2D eigenvalue weighted by Crippen LogP contribution is -2.54. The van der Waals surface area contributed by atoms with Crippen LogP contribution in [0.25, 0.3) is 0 Å². The first-order valence-corrected chi connectivity index (χ1v) is 12.8. The number of nitrogens with zero attached hydrogens (tertiary/aromatic N) is 2. The summed E-state index contributed by atoms with van der Waals surface area (Å²) in [4.78, 5) is 31.0. The lowest BCUT2D eigenvalue weighted by molar-refractivity contribution is -0.134. The van der Waals surface area contributed by atoms with Crippen LogP contribution in [-0.4, -0.2) is 44.6 Å². The molecule has 190 valence electrons. The van der Waals surface area contributed by atoms with Crippen molar-refractivity contribution in [3.8, 4) is 0 Å². The van der Waals surface area contributed by atoms with Gasteiger partial charge in [-0.15, -0.1) is 0 Å². The average molecular weight is 536 g/mol. The maximum absolute atomic E-state index is 15.1. The van der Waals surface area contributed by atoms with Crippen molar-refractivity contribution in [2.75, 3.05) is 18.4 Å². The molecular weight excluding hydrogens is 513 g/mol. The number of carbonyl (C=O) groups is 2. The van der Waals surface area contributed by atoms with E-state index in [9.17, 15) is 18.0 Å². The van der Waals surface area contributed by atoms with E-state index in [1.54, 1.807) is 6.07 Å². The number of ether oxygens (including phenoxy) is 1. The van der Waals surface area contributed by atoms with E-state index in [2.05, 4.69) is 10.3 Å². The summed E-state index contributed by atoms with van der Waals surface area (Å²) < 4.78 is 43.7. The molecule has 1 spiro atoms. The predicted molar refractivity (Wildman–Crippen MR) is 131 cm³/mol. The fourth-order valence-electron chi connectivity index (χ4n) is 4.37. The van der Waals surface area contributed by atoms with Crippen LogP contribution in [0.1, 0.15) is 24.0 Å². The van der Waals surface area contributed by atoms with Gasteiger partial charge in [0, 0.05) is 19.0 Å². The fourth-order valence-corrected chi connectivity index (χ4v) is 5.11. The van der Waals surface area contributed by atoms with Gasteiger partial charge >= 0.3 is 6.09 Å². The Bertz CT molecular complexity index is 1400. The van der Waals surface area contributed by atoms with E-state index in [4.69, 9.17) is 27.2 Å². The molecule has 2 amide bonds. The highest BCUT2D eigenvalue weighted by atomic mass is 35.5. The summed E-state index contributed by atoms with van der Waals surface area (Å²) in [5.41, 5.74) is 5.22. The Labute approximate surface area is 211 Å². The standard InChI is InChI=1S/C23H23ClFN5O5S/c24-17-5-6-18-19(20(17)25)23(35-22(32)29-18)7-2-8-30(13-23)21(31)15(10-26)12-28-11-14-3-1-4-16(9-14)36(27,33)34/h1,3-6,9-10,12H,2,7-8,11,13,26H2,(H,29,32)(H2,27,33,34)/b15-10+,28-12?/t23-/m0/s1. The SMILES string of the molecule is N/C=C(\C=NCc1cccc(S(N)(=O)=O)c1)C(=O)N1CCC[C@@]2(C1)OC(=O)Nc1ccc(Cl)c(F)c12. The third-order valence-electron chi connectivity index (χ3n) is 5.98. The zero-order valence-corrected chi connectivity index (χ0v) is 20.5. The van der Waals surface area contributed by atoms with Crippen LogP contribution in [0.4, 0.5) is 14.9 Å². The maximum atomic E-state index is 15.1. The molecule has 2 aliphatic heterocycles. The van der Waals surface area contributed by atoms with E-state index in [0.717, 1.165) is 6.20 Å². The van der Waals surface area contributed by atoms with E-state index in [0.29, 0.717) is 24.9 Å². The van der Waals surface area contributed by atoms with E-state index in [1.165, 1.54) is 41.4 Å². The molecule has 2 aromatic rings. The Balaban J connectivity index is 1.54. The first kappa shape index (κ1) is 25.6. The van der Waals surface area contributed by atoms with Crippen LogP contribution in [0, 0.1) is 5.82 Å². The number of carbonyl (C=O) groups excluding carboxylic acids is 2. The van der Waals surface area contributed by atoms with E-state index >= 15 is 4.39 Å². The Hall–Kier alpha value is -3.48. The molecule has 0 bridgehead atoms. The van der Waals surface area contributed by atoms with Gasteiger partial charge < -0.3 is 15.4 Å². The van der Waals surface area contributed by atoms with Gasteiger partial charge in [0.25, 0.3) is 5.91 Å². The third kappa shape index (κ3) is 5.06. The van der Waals surface area contributed by atoms with Crippen LogP contribution in [0.5, 0.6) is 0 Å². The monoisotopic (exact) mass is 535 g/mol. The number of hydrogen-bond donors (Lipinski definition) is 3. The van der Waals surface area contributed by atoms with Crippen LogP contribution in [0.3, 0.4) is 0 Å². The van der Waals surface area contributed by atoms with Gasteiger partial charge in [-0.2, -0.15) is 0 Å². The van der Waals surface area contributed by atoms with Crippen LogP contribution >= 0.6 is 11.6 Å². The first-order valence-electron chi connectivity index (χ1n) is 10.9. The molecule has 4 rings (SSSR count). The zero-order chi connectivity index (χ0) is 26.1. The number of piperidine rings is 1. The summed E-state index contributed by atoms with van der Waals surface area (Å²) in [5.74, 6) is -1.21. The quantitative estimate of drug-likeness (QED) is 0.394. The number of primary sulfonamides is 1. The molecule has 1 atom stereocenters. The van der Waals surface area contributed by atoms with Crippen molar-refractivity contribution in [1.29, 1.82) is 0 Å². The molecule has 0 aromatic heterocycles. The summed E-state index contributed by atoms with van der Waals surface area (Å²) in [6.07, 6.45) is 2.34. The summed E-state index contributed by atoms with van der Waals surface area (Å²) in [6.45, 7) is 0.286. The van der Waals surface area contributed by atoms with Crippen molar-refractivity contribution in [1.82, 2.24) is 4.90 Å². The molecule has 5 N–H and O–H groups in total. The molecule has 0 radical (unpaired) electrons. The van der Waals surface area contributed by atoms with Crippen molar-refractivity contribution in [3.05, 3.63) is 70.1 Å². The number of nitrogens with one attached hydrogen (secondary N) is 1. The molecule has 10 nitrogen and oxygen atoms in total. The molecule has 0 aliphatic carbocycles. The molecule has 36 heavy (non-hydrogen) atoms. The highest BCUT2D eigenvalue weighted by Gasteiger charge is 2.48. The Kier molecular flexibility index (Phi) is 7.03. The first-order chi connectivity index (χ1) is 17.0. The zero-order valence-electron chi connectivity index (χ0n) is 18.9. The Morgan fingerprint density at radius 2 is 2.11 bits per heavy atom. The summed E-state index contributed by atoms with van der Waals surface area (Å²) in [5, 5.41) is 7.50. The van der Waals surface area contributed by atoms with Crippen molar-refractivity contribution < 1.29 is 27.1 Å². The van der Waals surface area contributed by atoms with Crippen LogP contribution < -0.4 is 16.2 Å². The third-order valence-corrected chi connectivity index (χ3v) is 7.18. The highest BCUT2D eigenvalue weighted by molar-refractivity contribution is 7.89. The Morgan fingerprint density at radius 3 is 2.83 bits per heavy atom. The molecule has 1 fully saturated rings. The summed E-state index contributed by atoms with van der Waals surface area (Å²) >= 11 is 5.99. The molecule has 1 saturated heterocycles. The lowest BCUT2D eigenvalue weighted by Gasteiger charge is -2.45. The number of amides is 2. The largest absolute Gasteiger partial charge is 0.436 e.